The van der Waals surface area contributed by atoms with Crippen LogP contribution in [0.5, 0.6) is 0 Å². The number of halogens is 2. The second-order valence-electron chi connectivity index (χ2n) is 2.90. The van der Waals surface area contributed by atoms with Crippen molar-refractivity contribution in [2.24, 2.45) is 27.2 Å². The molecule has 0 saturated heterocycles. The van der Waals surface area contributed by atoms with E-state index in [2.05, 4.69) is 25.9 Å². The van der Waals surface area contributed by atoms with Crippen LogP contribution in [0.2, 0.25) is 0 Å². The summed E-state index contributed by atoms with van der Waals surface area (Å²) in [5.74, 6) is -1.17. The summed E-state index contributed by atoms with van der Waals surface area (Å²) in [4.78, 5) is 7.26. The van der Waals surface area contributed by atoms with Crippen molar-refractivity contribution in [3.63, 3.8) is 0 Å². The predicted octanol–water partition coefficient (Wildman–Crippen LogP) is 0.679. The van der Waals surface area contributed by atoms with Gasteiger partial charge in [-0.1, -0.05) is 0 Å². The second-order valence-corrected chi connectivity index (χ2v) is 3.76. The molecule has 0 spiro atoms. The van der Waals surface area contributed by atoms with E-state index in [9.17, 15) is 4.39 Å². The first kappa shape index (κ1) is 12.9. The maximum atomic E-state index is 13.3. The zero-order valence-electron chi connectivity index (χ0n) is 8.48. The van der Waals surface area contributed by atoms with Crippen molar-refractivity contribution >= 4 is 33.5 Å². The number of nitrogens with two attached hydrogens (primary N) is 3. The average Bonchev–Trinajstić information content (AvgIpc) is 2.21. The molecule has 17 heavy (non-hydrogen) atoms. The Bertz CT molecular complexity index is 541. The van der Waals surface area contributed by atoms with Crippen molar-refractivity contribution in [3.05, 3.63) is 28.0 Å². The maximum absolute atomic E-state index is 13.3. The van der Waals surface area contributed by atoms with Crippen LogP contribution in [0, 0.1) is 17.1 Å². The van der Waals surface area contributed by atoms with Gasteiger partial charge in [0, 0.05) is 10.5 Å². The smallest absolute Gasteiger partial charge is 0.223 e. The fourth-order valence-corrected chi connectivity index (χ4v) is 1.42. The fraction of sp³-hybridized carbons (Fsp3) is 0. The van der Waals surface area contributed by atoms with Crippen molar-refractivity contribution in [1.29, 1.82) is 5.26 Å². The van der Waals surface area contributed by atoms with Gasteiger partial charge in [-0.05, 0) is 22.0 Å². The van der Waals surface area contributed by atoms with Crippen LogP contribution >= 0.6 is 15.9 Å². The zero-order valence-corrected chi connectivity index (χ0v) is 10.1. The largest absolute Gasteiger partial charge is 0.370 e. The molecule has 0 aromatic heterocycles. The van der Waals surface area contributed by atoms with Gasteiger partial charge in [0.15, 0.2) is 5.96 Å². The van der Waals surface area contributed by atoms with Crippen LogP contribution in [0.15, 0.2) is 26.6 Å². The van der Waals surface area contributed by atoms with E-state index in [1.165, 1.54) is 6.07 Å². The molecule has 88 valence electrons. The Morgan fingerprint density at radius 2 is 2.00 bits per heavy atom. The summed E-state index contributed by atoms with van der Waals surface area (Å²) < 4.78 is 13.7. The van der Waals surface area contributed by atoms with E-state index in [-0.39, 0.29) is 23.2 Å². The summed E-state index contributed by atoms with van der Waals surface area (Å²) in [6.07, 6.45) is 0. The van der Waals surface area contributed by atoms with Gasteiger partial charge < -0.3 is 17.2 Å². The molecule has 1 aromatic rings. The third-order valence-electron chi connectivity index (χ3n) is 1.64. The third-order valence-corrected chi connectivity index (χ3v) is 2.27. The van der Waals surface area contributed by atoms with Gasteiger partial charge in [-0.2, -0.15) is 10.3 Å². The van der Waals surface area contributed by atoms with E-state index in [1.807, 2.05) is 0 Å². The summed E-state index contributed by atoms with van der Waals surface area (Å²) in [6.45, 7) is 0. The molecular weight excluding hydrogens is 291 g/mol. The second kappa shape index (κ2) is 5.27. The normalized spacial score (nSPS) is 10.8. The molecule has 0 saturated carbocycles. The van der Waals surface area contributed by atoms with E-state index in [0.717, 1.165) is 6.07 Å². The minimum absolute atomic E-state index is 0.101. The zero-order chi connectivity index (χ0) is 13.0. The number of nitrogens with zero attached hydrogens (tertiary/aromatic N) is 3. The maximum Gasteiger partial charge on any atom is 0.223 e. The molecule has 0 aliphatic rings. The topological polar surface area (TPSA) is 127 Å². The lowest BCUT2D eigenvalue weighted by Crippen LogP contribution is -2.26. The van der Waals surface area contributed by atoms with E-state index >= 15 is 0 Å². The molecule has 1 aromatic carbocycles. The number of hydrogen-bond donors (Lipinski definition) is 3. The molecule has 6 N–H and O–H groups in total. The highest BCUT2D eigenvalue weighted by Gasteiger charge is 2.07. The molecule has 0 aliphatic heterocycles. The number of hydrogen-bond acceptors (Lipinski definition) is 2. The SMILES string of the molecule is N#Cc1cc(Br)c(N=C(N)N=C(N)N)cc1F. The van der Waals surface area contributed by atoms with Gasteiger partial charge in [-0.3, -0.25) is 0 Å². The Balaban J connectivity index is 3.22. The van der Waals surface area contributed by atoms with E-state index in [4.69, 9.17) is 22.5 Å². The average molecular weight is 299 g/mol. The lowest BCUT2D eigenvalue weighted by atomic mass is 10.2. The van der Waals surface area contributed by atoms with Crippen LogP contribution in [0.25, 0.3) is 0 Å². The summed E-state index contributed by atoms with van der Waals surface area (Å²) in [7, 11) is 0. The van der Waals surface area contributed by atoms with Crippen molar-refractivity contribution in [2.45, 2.75) is 0 Å². The molecule has 0 bridgehead atoms. The monoisotopic (exact) mass is 298 g/mol. The van der Waals surface area contributed by atoms with Crippen molar-refractivity contribution in [1.82, 2.24) is 0 Å². The molecule has 1 rings (SSSR count). The molecule has 0 heterocycles. The number of nitriles is 1. The van der Waals surface area contributed by atoms with Crippen LogP contribution in [-0.2, 0) is 0 Å². The molecule has 0 fully saturated rings. The standard InChI is InChI=1S/C9H8BrFN6/c10-5-1-4(3-12)6(11)2-7(5)16-9(15)17-8(13)14/h1-2H,(H6,13,14,15,16,17). The number of rotatable bonds is 1. The summed E-state index contributed by atoms with van der Waals surface area (Å²) in [6, 6.07) is 4.04. The third kappa shape index (κ3) is 3.42. The summed E-state index contributed by atoms with van der Waals surface area (Å²) in [5, 5.41) is 8.61. The number of benzene rings is 1. The summed E-state index contributed by atoms with van der Waals surface area (Å²) in [5.41, 5.74) is 15.7. The lowest BCUT2D eigenvalue weighted by Gasteiger charge is -2.01. The first-order valence-corrected chi connectivity index (χ1v) is 5.06. The molecule has 0 unspecified atom stereocenters. The molecule has 6 nitrogen and oxygen atoms in total. The van der Waals surface area contributed by atoms with Crippen LogP contribution < -0.4 is 17.2 Å². The first-order valence-electron chi connectivity index (χ1n) is 4.27. The lowest BCUT2D eigenvalue weighted by molar-refractivity contribution is 0.624. The van der Waals surface area contributed by atoms with Crippen molar-refractivity contribution < 1.29 is 4.39 Å². The van der Waals surface area contributed by atoms with E-state index in [1.54, 1.807) is 6.07 Å². The predicted molar refractivity (Wildman–Crippen MR) is 65.9 cm³/mol. The van der Waals surface area contributed by atoms with Gasteiger partial charge >= 0.3 is 0 Å². The molecular formula is C9H8BrFN6. The number of guanidine groups is 2. The Morgan fingerprint density at radius 3 is 2.53 bits per heavy atom. The quantitative estimate of drug-likeness (QED) is 0.520. The minimum atomic E-state index is -0.702. The molecule has 8 heteroatoms. The van der Waals surface area contributed by atoms with Gasteiger partial charge in [0.05, 0.1) is 11.3 Å². The van der Waals surface area contributed by atoms with E-state index in [0.29, 0.717) is 4.47 Å². The van der Waals surface area contributed by atoms with Crippen LogP contribution in [0.3, 0.4) is 0 Å². The number of aliphatic imine (C=N–C) groups is 2. The van der Waals surface area contributed by atoms with Gasteiger partial charge in [0.2, 0.25) is 5.96 Å². The Morgan fingerprint density at radius 1 is 1.35 bits per heavy atom. The van der Waals surface area contributed by atoms with Gasteiger partial charge in [0.1, 0.15) is 11.9 Å². The van der Waals surface area contributed by atoms with Crippen LogP contribution in [-0.4, -0.2) is 11.9 Å². The van der Waals surface area contributed by atoms with E-state index < -0.39 is 5.82 Å². The molecule has 0 atom stereocenters. The Hall–Kier alpha value is -2.14. The van der Waals surface area contributed by atoms with Crippen molar-refractivity contribution in [3.8, 4) is 6.07 Å². The fourth-order valence-electron chi connectivity index (χ4n) is 0.988. The highest BCUT2D eigenvalue weighted by molar-refractivity contribution is 9.10. The highest BCUT2D eigenvalue weighted by atomic mass is 79.9. The highest BCUT2D eigenvalue weighted by Crippen LogP contribution is 2.28. The Kier molecular flexibility index (Phi) is 4.01. The molecule has 0 radical (unpaired) electrons. The van der Waals surface area contributed by atoms with Crippen LogP contribution in [0.4, 0.5) is 10.1 Å². The summed E-state index contributed by atoms with van der Waals surface area (Å²) >= 11 is 3.13. The van der Waals surface area contributed by atoms with Gasteiger partial charge in [-0.25, -0.2) is 9.38 Å². The first-order chi connectivity index (χ1) is 7.93. The van der Waals surface area contributed by atoms with Gasteiger partial charge in [-0.15, -0.1) is 0 Å². The molecule has 0 aliphatic carbocycles. The van der Waals surface area contributed by atoms with Crippen LogP contribution in [0.1, 0.15) is 5.56 Å². The Labute approximate surface area is 105 Å². The minimum Gasteiger partial charge on any atom is -0.370 e. The van der Waals surface area contributed by atoms with Crippen molar-refractivity contribution in [2.75, 3.05) is 0 Å². The van der Waals surface area contributed by atoms with Gasteiger partial charge in [0.25, 0.3) is 0 Å². The molecule has 0 amide bonds.